The van der Waals surface area contributed by atoms with Gasteiger partial charge >= 0.3 is 12.1 Å². The van der Waals surface area contributed by atoms with E-state index in [9.17, 15) is 19.2 Å². The number of ether oxygens (including phenoxy) is 2. The third-order valence-electron chi connectivity index (χ3n) is 6.69. The van der Waals surface area contributed by atoms with Gasteiger partial charge in [-0.05, 0) is 71.6 Å². The normalized spacial score (nSPS) is 12.9. The third kappa shape index (κ3) is 12.8. The standard InChI is InChI=1S/C35H51N3O6/c1-9-10-11-17-22-38(29(39)24-36-33(42)44-35(6,7)8)30(27-21-16-15-18-25(27)2)31(40)37-28(32(41)43-34(3,4)5)23-26-19-13-12-14-20-26/h12-16,18-21,28,30H,9-11,17,22-24H2,1-8H3,(H,36,42)(H,37,40). The first-order chi connectivity index (χ1) is 20.6. The molecule has 2 aromatic rings. The highest BCUT2D eigenvalue weighted by atomic mass is 16.6. The van der Waals surface area contributed by atoms with Crippen LogP contribution in [0.1, 0.15) is 96.9 Å². The van der Waals surface area contributed by atoms with E-state index in [1.165, 1.54) is 4.90 Å². The van der Waals surface area contributed by atoms with Crippen LogP contribution in [0.2, 0.25) is 0 Å². The van der Waals surface area contributed by atoms with Crippen LogP contribution < -0.4 is 10.6 Å². The summed E-state index contributed by atoms with van der Waals surface area (Å²) in [4.78, 5) is 55.4. The van der Waals surface area contributed by atoms with Crippen LogP contribution in [0.3, 0.4) is 0 Å². The second-order valence-electron chi connectivity index (χ2n) is 13.0. The number of nitrogens with zero attached hydrogens (tertiary/aromatic N) is 1. The maximum absolute atomic E-state index is 14.3. The third-order valence-corrected chi connectivity index (χ3v) is 6.69. The average molecular weight is 610 g/mol. The van der Waals surface area contributed by atoms with Gasteiger partial charge in [-0.3, -0.25) is 9.59 Å². The van der Waals surface area contributed by atoms with Crippen LogP contribution >= 0.6 is 0 Å². The number of hydrogen-bond donors (Lipinski definition) is 2. The second kappa shape index (κ2) is 16.8. The molecule has 0 spiro atoms. The predicted molar refractivity (Wildman–Crippen MR) is 172 cm³/mol. The summed E-state index contributed by atoms with van der Waals surface area (Å²) in [5, 5.41) is 5.47. The molecule has 44 heavy (non-hydrogen) atoms. The molecule has 2 unspecified atom stereocenters. The maximum atomic E-state index is 14.3. The Kier molecular flexibility index (Phi) is 13.9. The number of aryl methyl sites for hydroxylation is 1. The lowest BCUT2D eigenvalue weighted by molar-refractivity contribution is -0.159. The largest absolute Gasteiger partial charge is 0.458 e. The van der Waals surface area contributed by atoms with Crippen molar-refractivity contribution in [2.24, 2.45) is 0 Å². The number of benzene rings is 2. The lowest BCUT2D eigenvalue weighted by Crippen LogP contribution is -2.52. The van der Waals surface area contributed by atoms with Gasteiger partial charge in [0.1, 0.15) is 29.8 Å². The topological polar surface area (TPSA) is 114 Å². The summed E-state index contributed by atoms with van der Waals surface area (Å²) in [7, 11) is 0. The minimum absolute atomic E-state index is 0.215. The molecule has 2 aromatic carbocycles. The Labute approximate surface area is 263 Å². The highest BCUT2D eigenvalue weighted by Crippen LogP contribution is 2.26. The van der Waals surface area contributed by atoms with E-state index in [2.05, 4.69) is 17.6 Å². The van der Waals surface area contributed by atoms with Crippen LogP contribution in [-0.2, 0) is 30.3 Å². The molecule has 0 bridgehead atoms. The molecule has 9 nitrogen and oxygen atoms in total. The van der Waals surface area contributed by atoms with Gasteiger partial charge in [0.15, 0.2) is 0 Å². The zero-order chi connectivity index (χ0) is 32.9. The fourth-order valence-corrected chi connectivity index (χ4v) is 4.68. The number of unbranched alkanes of at least 4 members (excludes halogenated alkanes) is 3. The second-order valence-corrected chi connectivity index (χ2v) is 13.0. The van der Waals surface area contributed by atoms with Crippen molar-refractivity contribution in [1.29, 1.82) is 0 Å². The first-order valence-corrected chi connectivity index (χ1v) is 15.5. The Morgan fingerprint density at radius 2 is 1.43 bits per heavy atom. The molecule has 2 atom stereocenters. The van der Waals surface area contributed by atoms with Crippen molar-refractivity contribution in [3.63, 3.8) is 0 Å². The number of rotatable bonds is 14. The van der Waals surface area contributed by atoms with Crippen LogP contribution in [0.4, 0.5) is 4.79 Å². The molecule has 0 aliphatic heterocycles. The van der Waals surface area contributed by atoms with Gasteiger partial charge in [-0.1, -0.05) is 80.8 Å². The number of esters is 1. The van der Waals surface area contributed by atoms with Gasteiger partial charge in [-0.2, -0.15) is 0 Å². The summed E-state index contributed by atoms with van der Waals surface area (Å²) >= 11 is 0. The Balaban J connectivity index is 2.48. The molecule has 0 saturated heterocycles. The molecule has 3 amide bonds. The molecular formula is C35H51N3O6. The number of alkyl carbamates (subject to hydrolysis) is 1. The molecule has 0 aromatic heterocycles. The Bertz CT molecular complexity index is 1230. The average Bonchev–Trinajstić information content (AvgIpc) is 2.92. The minimum Gasteiger partial charge on any atom is -0.458 e. The zero-order valence-electron chi connectivity index (χ0n) is 27.7. The first kappa shape index (κ1) is 36.3. The van der Waals surface area contributed by atoms with E-state index < -0.39 is 47.2 Å². The van der Waals surface area contributed by atoms with Crippen molar-refractivity contribution in [2.75, 3.05) is 13.1 Å². The molecule has 0 aliphatic rings. The highest BCUT2D eigenvalue weighted by Gasteiger charge is 2.36. The fraction of sp³-hybridized carbons (Fsp3) is 0.543. The number of carbonyl (C=O) groups is 4. The molecule has 0 fully saturated rings. The van der Waals surface area contributed by atoms with Crippen LogP contribution in [-0.4, -0.2) is 59.1 Å². The fourth-order valence-electron chi connectivity index (χ4n) is 4.68. The molecule has 0 heterocycles. The lowest BCUT2D eigenvalue weighted by atomic mass is 9.97. The number of amides is 3. The predicted octanol–water partition coefficient (Wildman–Crippen LogP) is 6.04. The Morgan fingerprint density at radius 1 is 0.818 bits per heavy atom. The van der Waals surface area contributed by atoms with Gasteiger partial charge in [0.25, 0.3) is 0 Å². The van der Waals surface area contributed by atoms with E-state index in [0.29, 0.717) is 12.0 Å². The Morgan fingerprint density at radius 3 is 2.02 bits per heavy atom. The molecule has 2 rings (SSSR count). The first-order valence-electron chi connectivity index (χ1n) is 15.5. The smallest absolute Gasteiger partial charge is 0.408 e. The summed E-state index contributed by atoms with van der Waals surface area (Å²) in [6, 6.07) is 14.7. The Hall–Kier alpha value is -3.88. The van der Waals surface area contributed by atoms with Gasteiger partial charge in [-0.25, -0.2) is 9.59 Å². The van der Waals surface area contributed by atoms with Gasteiger partial charge in [0.2, 0.25) is 11.8 Å². The van der Waals surface area contributed by atoms with E-state index in [0.717, 1.165) is 30.4 Å². The van der Waals surface area contributed by atoms with E-state index in [4.69, 9.17) is 9.47 Å². The zero-order valence-corrected chi connectivity index (χ0v) is 27.7. The summed E-state index contributed by atoms with van der Waals surface area (Å²) in [5.74, 6) is -1.51. The summed E-state index contributed by atoms with van der Waals surface area (Å²) in [6.45, 7) is 14.5. The molecule has 0 radical (unpaired) electrons. The van der Waals surface area contributed by atoms with E-state index in [-0.39, 0.29) is 19.5 Å². The lowest BCUT2D eigenvalue weighted by Gasteiger charge is -2.34. The van der Waals surface area contributed by atoms with Crippen molar-refractivity contribution in [3.8, 4) is 0 Å². The molecule has 0 saturated carbocycles. The van der Waals surface area contributed by atoms with Crippen molar-refractivity contribution in [2.45, 2.75) is 111 Å². The molecule has 0 aliphatic carbocycles. The minimum atomic E-state index is -1.05. The molecule has 2 N–H and O–H groups in total. The van der Waals surface area contributed by atoms with Crippen LogP contribution in [0, 0.1) is 6.92 Å². The van der Waals surface area contributed by atoms with Crippen molar-refractivity contribution >= 4 is 23.9 Å². The molecular weight excluding hydrogens is 558 g/mol. The van der Waals surface area contributed by atoms with E-state index in [1.807, 2.05) is 61.5 Å². The summed E-state index contributed by atoms with van der Waals surface area (Å²) < 4.78 is 11.0. The summed E-state index contributed by atoms with van der Waals surface area (Å²) in [6.07, 6.45) is 3.02. The quantitative estimate of drug-likeness (QED) is 0.199. The summed E-state index contributed by atoms with van der Waals surface area (Å²) in [5.41, 5.74) is 0.808. The molecule has 9 heteroatoms. The number of carbonyl (C=O) groups excluding carboxylic acids is 4. The van der Waals surface area contributed by atoms with Crippen LogP contribution in [0.25, 0.3) is 0 Å². The number of nitrogens with one attached hydrogen (secondary N) is 2. The monoisotopic (exact) mass is 609 g/mol. The van der Waals surface area contributed by atoms with Gasteiger partial charge in [0, 0.05) is 13.0 Å². The van der Waals surface area contributed by atoms with Crippen molar-refractivity contribution in [3.05, 3.63) is 71.3 Å². The van der Waals surface area contributed by atoms with Gasteiger partial charge in [-0.15, -0.1) is 0 Å². The van der Waals surface area contributed by atoms with E-state index in [1.54, 1.807) is 41.5 Å². The maximum Gasteiger partial charge on any atom is 0.408 e. The highest BCUT2D eigenvalue weighted by molar-refractivity contribution is 5.93. The number of hydrogen-bond acceptors (Lipinski definition) is 6. The van der Waals surface area contributed by atoms with Crippen LogP contribution in [0.15, 0.2) is 54.6 Å². The van der Waals surface area contributed by atoms with Crippen LogP contribution in [0.5, 0.6) is 0 Å². The molecule has 242 valence electrons. The SMILES string of the molecule is CCCCCCN(C(=O)CNC(=O)OC(C)(C)C)C(C(=O)NC(Cc1ccccc1)C(=O)OC(C)(C)C)c1ccccc1C. The van der Waals surface area contributed by atoms with Gasteiger partial charge < -0.3 is 25.0 Å². The van der Waals surface area contributed by atoms with Crippen molar-refractivity contribution < 1.29 is 28.7 Å². The van der Waals surface area contributed by atoms with Gasteiger partial charge in [0.05, 0.1) is 0 Å². The van der Waals surface area contributed by atoms with Crippen molar-refractivity contribution in [1.82, 2.24) is 15.5 Å². The van der Waals surface area contributed by atoms with E-state index >= 15 is 0 Å².